The van der Waals surface area contributed by atoms with E-state index in [1.807, 2.05) is 32.1 Å². The van der Waals surface area contributed by atoms with E-state index >= 15 is 0 Å². The van der Waals surface area contributed by atoms with Crippen molar-refractivity contribution in [2.75, 3.05) is 0 Å². The van der Waals surface area contributed by atoms with Crippen LogP contribution in [0, 0.1) is 36.5 Å². The summed E-state index contributed by atoms with van der Waals surface area (Å²) >= 11 is 0. The Balaban J connectivity index is 2.12. The van der Waals surface area contributed by atoms with Crippen molar-refractivity contribution in [3.05, 3.63) is 64.0 Å². The van der Waals surface area contributed by atoms with Crippen LogP contribution in [0.1, 0.15) is 47.8 Å². The van der Waals surface area contributed by atoms with E-state index in [4.69, 9.17) is 10.00 Å². The third-order valence-corrected chi connectivity index (χ3v) is 4.44. The molecule has 1 aromatic heterocycles. The van der Waals surface area contributed by atoms with Crippen LogP contribution in [0.5, 0.6) is 0 Å². The molecule has 0 spiro atoms. The van der Waals surface area contributed by atoms with Crippen LogP contribution in [0.3, 0.4) is 0 Å². The van der Waals surface area contributed by atoms with Crippen LogP contribution in [-0.2, 0) is 22.7 Å². The number of nitriles is 2. The first kappa shape index (κ1) is 20.0. The molecule has 0 fully saturated rings. The van der Waals surface area contributed by atoms with Crippen molar-refractivity contribution < 1.29 is 9.53 Å². The molecule has 0 aliphatic heterocycles. The molecule has 5 nitrogen and oxygen atoms in total. The summed E-state index contributed by atoms with van der Waals surface area (Å²) in [5.74, 6) is -0.653. The highest BCUT2D eigenvalue weighted by Crippen LogP contribution is 2.19. The van der Waals surface area contributed by atoms with Crippen LogP contribution in [0.15, 0.2) is 35.9 Å². The quantitative estimate of drug-likeness (QED) is 0.415. The van der Waals surface area contributed by atoms with Crippen LogP contribution < -0.4 is 0 Å². The topological polar surface area (TPSA) is 78.8 Å². The van der Waals surface area contributed by atoms with Gasteiger partial charge in [-0.1, -0.05) is 25.5 Å². The van der Waals surface area contributed by atoms with Crippen molar-refractivity contribution in [3.8, 4) is 12.1 Å². The van der Waals surface area contributed by atoms with E-state index in [0.29, 0.717) is 5.56 Å². The summed E-state index contributed by atoms with van der Waals surface area (Å²) in [5, 5.41) is 18.2. The summed E-state index contributed by atoms with van der Waals surface area (Å²) in [4.78, 5) is 12.3. The van der Waals surface area contributed by atoms with E-state index in [1.165, 1.54) is 0 Å². The zero-order valence-corrected chi connectivity index (χ0v) is 16.0. The summed E-state index contributed by atoms with van der Waals surface area (Å²) in [6, 6.07) is 12.7. The van der Waals surface area contributed by atoms with Gasteiger partial charge in [-0.05, 0) is 55.7 Å². The van der Waals surface area contributed by atoms with Gasteiger partial charge in [0.2, 0.25) is 0 Å². The molecule has 0 aliphatic rings. The Morgan fingerprint density at radius 2 is 1.93 bits per heavy atom. The third-order valence-electron chi connectivity index (χ3n) is 4.44. The molecule has 5 heteroatoms. The molecule has 2 rings (SSSR count). The fraction of sp³-hybridized carbons (Fsp3) is 0.318. The number of hydrogen-bond donors (Lipinski definition) is 0. The zero-order valence-electron chi connectivity index (χ0n) is 16.0. The Morgan fingerprint density at radius 3 is 2.52 bits per heavy atom. The second kappa shape index (κ2) is 9.40. The van der Waals surface area contributed by atoms with Gasteiger partial charge in [-0.3, -0.25) is 0 Å². The number of carbonyl (C=O) groups excluding carboxylic acids is 1. The van der Waals surface area contributed by atoms with Gasteiger partial charge in [-0.15, -0.1) is 0 Å². The molecular weight excluding hydrogens is 338 g/mol. The SMILES string of the molecule is CCCCn1c(C)cc(/C=C(\C#N)C(=O)OCc2ccc(C#N)cc2)c1C. The van der Waals surface area contributed by atoms with Gasteiger partial charge in [0.1, 0.15) is 18.2 Å². The number of aromatic nitrogens is 1. The molecule has 0 saturated carbocycles. The number of carbonyl (C=O) groups is 1. The van der Waals surface area contributed by atoms with Gasteiger partial charge in [-0.25, -0.2) is 4.79 Å². The molecule has 1 aromatic carbocycles. The maximum atomic E-state index is 12.3. The molecule has 0 aliphatic carbocycles. The van der Waals surface area contributed by atoms with E-state index in [-0.39, 0.29) is 12.2 Å². The number of benzene rings is 1. The number of unbranched alkanes of at least 4 members (excludes halogenated alkanes) is 1. The van der Waals surface area contributed by atoms with E-state index in [2.05, 4.69) is 11.5 Å². The summed E-state index contributed by atoms with van der Waals surface area (Å²) in [7, 11) is 0. The Hall–Kier alpha value is -3.31. The lowest BCUT2D eigenvalue weighted by Crippen LogP contribution is -2.07. The van der Waals surface area contributed by atoms with Crippen molar-refractivity contribution in [1.82, 2.24) is 4.57 Å². The third kappa shape index (κ3) is 5.09. The Labute approximate surface area is 160 Å². The van der Waals surface area contributed by atoms with Crippen LogP contribution in [-0.4, -0.2) is 10.5 Å². The second-order valence-corrected chi connectivity index (χ2v) is 6.39. The molecule has 27 heavy (non-hydrogen) atoms. The molecule has 0 N–H and O–H groups in total. The molecule has 1 heterocycles. The normalized spacial score (nSPS) is 10.9. The van der Waals surface area contributed by atoms with E-state index in [9.17, 15) is 10.1 Å². The standard InChI is InChI=1S/C22H23N3O2/c1-4-5-10-25-16(2)11-20(17(25)3)12-21(14-24)22(26)27-15-19-8-6-18(13-23)7-9-19/h6-9,11-12H,4-5,10,15H2,1-3H3/b21-12+. The summed E-state index contributed by atoms with van der Waals surface area (Å²) in [5.41, 5.74) is 4.28. The zero-order chi connectivity index (χ0) is 19.8. The van der Waals surface area contributed by atoms with Crippen molar-refractivity contribution in [1.29, 1.82) is 10.5 Å². The molecule has 0 radical (unpaired) electrons. The van der Waals surface area contributed by atoms with Crippen LogP contribution in [0.25, 0.3) is 6.08 Å². The molecule has 0 saturated heterocycles. The van der Waals surface area contributed by atoms with Gasteiger partial charge in [-0.2, -0.15) is 10.5 Å². The first-order valence-electron chi connectivity index (χ1n) is 8.94. The highest BCUT2D eigenvalue weighted by atomic mass is 16.5. The summed E-state index contributed by atoms with van der Waals surface area (Å²) in [6.07, 6.45) is 3.77. The minimum absolute atomic E-state index is 0.0283. The van der Waals surface area contributed by atoms with Gasteiger partial charge in [0, 0.05) is 17.9 Å². The number of rotatable bonds is 7. The Kier molecular flexibility index (Phi) is 6.97. The van der Waals surface area contributed by atoms with Crippen molar-refractivity contribution in [2.45, 2.75) is 46.8 Å². The minimum Gasteiger partial charge on any atom is -0.457 e. The van der Waals surface area contributed by atoms with Crippen molar-refractivity contribution >= 4 is 12.0 Å². The first-order chi connectivity index (χ1) is 13.0. The molecule has 138 valence electrons. The largest absolute Gasteiger partial charge is 0.457 e. The monoisotopic (exact) mass is 361 g/mol. The molecule has 2 aromatic rings. The molecular formula is C22H23N3O2. The highest BCUT2D eigenvalue weighted by molar-refractivity contribution is 5.98. The predicted molar refractivity (Wildman–Crippen MR) is 103 cm³/mol. The molecule has 0 bridgehead atoms. The average Bonchev–Trinajstić information content (AvgIpc) is 2.95. The van der Waals surface area contributed by atoms with Crippen LogP contribution in [0.2, 0.25) is 0 Å². The maximum absolute atomic E-state index is 12.3. The lowest BCUT2D eigenvalue weighted by Gasteiger charge is -2.08. The average molecular weight is 361 g/mol. The van der Waals surface area contributed by atoms with E-state index in [1.54, 1.807) is 30.3 Å². The first-order valence-corrected chi connectivity index (χ1v) is 8.94. The van der Waals surface area contributed by atoms with E-state index < -0.39 is 5.97 Å². The summed E-state index contributed by atoms with van der Waals surface area (Å²) < 4.78 is 7.45. The number of hydrogen-bond acceptors (Lipinski definition) is 4. The van der Waals surface area contributed by atoms with Crippen LogP contribution >= 0.6 is 0 Å². The Bertz CT molecular complexity index is 922. The highest BCUT2D eigenvalue weighted by Gasteiger charge is 2.14. The minimum atomic E-state index is -0.653. The van der Waals surface area contributed by atoms with Crippen LogP contribution in [0.4, 0.5) is 0 Å². The van der Waals surface area contributed by atoms with Gasteiger partial charge < -0.3 is 9.30 Å². The van der Waals surface area contributed by atoms with Gasteiger partial charge in [0.25, 0.3) is 0 Å². The maximum Gasteiger partial charge on any atom is 0.349 e. The number of aryl methyl sites for hydroxylation is 1. The van der Waals surface area contributed by atoms with Gasteiger partial charge in [0.15, 0.2) is 0 Å². The number of esters is 1. The number of ether oxygens (including phenoxy) is 1. The van der Waals surface area contributed by atoms with Crippen molar-refractivity contribution in [2.24, 2.45) is 0 Å². The summed E-state index contributed by atoms with van der Waals surface area (Å²) in [6.45, 7) is 7.14. The van der Waals surface area contributed by atoms with Gasteiger partial charge >= 0.3 is 5.97 Å². The molecule has 0 unspecified atom stereocenters. The Morgan fingerprint density at radius 1 is 1.22 bits per heavy atom. The van der Waals surface area contributed by atoms with Gasteiger partial charge in [0.05, 0.1) is 11.6 Å². The predicted octanol–water partition coefficient (Wildman–Crippen LogP) is 4.43. The lowest BCUT2D eigenvalue weighted by molar-refractivity contribution is -0.139. The lowest BCUT2D eigenvalue weighted by atomic mass is 10.1. The smallest absolute Gasteiger partial charge is 0.349 e. The fourth-order valence-corrected chi connectivity index (χ4v) is 2.83. The second-order valence-electron chi connectivity index (χ2n) is 6.39. The molecule has 0 atom stereocenters. The fourth-order valence-electron chi connectivity index (χ4n) is 2.83. The molecule has 0 amide bonds. The number of nitrogens with zero attached hydrogens (tertiary/aromatic N) is 3. The van der Waals surface area contributed by atoms with E-state index in [0.717, 1.165) is 41.9 Å². The van der Waals surface area contributed by atoms with Crippen molar-refractivity contribution in [3.63, 3.8) is 0 Å².